The minimum absolute atomic E-state index is 0.0979. The highest BCUT2D eigenvalue weighted by Gasteiger charge is 2.32. The van der Waals surface area contributed by atoms with Gasteiger partial charge in [-0.15, -0.1) is 0 Å². The fraction of sp³-hybridized carbons (Fsp3) is 0.200. The Balaban J connectivity index is 2.07. The van der Waals surface area contributed by atoms with Crippen molar-refractivity contribution < 1.29 is 18.3 Å². The van der Waals surface area contributed by atoms with Crippen molar-refractivity contribution in [2.45, 2.75) is 13.5 Å². The summed E-state index contributed by atoms with van der Waals surface area (Å²) in [5.74, 6) is -0.970. The second-order valence-corrected chi connectivity index (χ2v) is 6.33. The summed E-state index contributed by atoms with van der Waals surface area (Å²) in [4.78, 5) is 18.7. The molecule has 4 rings (SSSR count). The van der Waals surface area contributed by atoms with Crippen molar-refractivity contribution in [1.29, 1.82) is 0 Å². The zero-order valence-corrected chi connectivity index (χ0v) is 14.8. The number of nitrogen functional groups attached to an aromatic ring is 1. The number of benzene rings is 2. The third-order valence-electron chi connectivity index (χ3n) is 4.88. The van der Waals surface area contributed by atoms with Crippen molar-refractivity contribution in [1.82, 2.24) is 9.88 Å². The van der Waals surface area contributed by atoms with Gasteiger partial charge in [0.1, 0.15) is 17.4 Å². The lowest BCUT2D eigenvalue weighted by atomic mass is 9.97. The number of anilines is 1. The molecule has 1 aliphatic heterocycles. The van der Waals surface area contributed by atoms with E-state index in [0.29, 0.717) is 35.5 Å². The van der Waals surface area contributed by atoms with Gasteiger partial charge in [-0.25, -0.2) is 13.8 Å². The smallest absolute Gasteiger partial charge is 0.258 e. The Morgan fingerprint density at radius 3 is 2.70 bits per heavy atom. The van der Waals surface area contributed by atoms with Gasteiger partial charge in [-0.05, 0) is 37.3 Å². The number of ether oxygens (including phenoxy) is 1. The standard InChI is InChI=1S/C20H17F2N3O2/c1-3-25-9-14-17(20(25)26)18(23)11-5-6-13(22)16(19(11)24-14)12-8-10(21)4-7-15(12)27-2/h4-8H,3,9H2,1-2H3,(H2,23,24). The van der Waals surface area contributed by atoms with Gasteiger partial charge in [0.2, 0.25) is 0 Å². The maximum atomic E-state index is 14.8. The molecule has 0 radical (unpaired) electrons. The van der Waals surface area contributed by atoms with Crippen molar-refractivity contribution >= 4 is 22.5 Å². The van der Waals surface area contributed by atoms with Gasteiger partial charge in [0.05, 0.1) is 36.1 Å². The van der Waals surface area contributed by atoms with Crippen molar-refractivity contribution in [3.63, 3.8) is 0 Å². The Kier molecular flexibility index (Phi) is 3.95. The van der Waals surface area contributed by atoms with Crippen LogP contribution in [-0.2, 0) is 6.54 Å². The number of carbonyl (C=O) groups excluding carboxylic acids is 1. The molecule has 138 valence electrons. The van der Waals surface area contributed by atoms with Crippen LogP contribution in [0.3, 0.4) is 0 Å². The van der Waals surface area contributed by atoms with Gasteiger partial charge in [0.25, 0.3) is 5.91 Å². The predicted molar refractivity (Wildman–Crippen MR) is 98.5 cm³/mol. The zero-order chi connectivity index (χ0) is 19.3. The van der Waals surface area contributed by atoms with Crippen LogP contribution in [0.25, 0.3) is 22.0 Å². The quantitative estimate of drug-likeness (QED) is 0.764. The number of pyridine rings is 1. The van der Waals surface area contributed by atoms with Gasteiger partial charge in [-0.1, -0.05) is 0 Å². The second-order valence-electron chi connectivity index (χ2n) is 6.33. The van der Waals surface area contributed by atoms with E-state index in [0.717, 1.165) is 0 Å². The zero-order valence-electron chi connectivity index (χ0n) is 14.8. The Morgan fingerprint density at radius 2 is 2.00 bits per heavy atom. The number of carbonyl (C=O) groups is 1. The molecular formula is C20H17F2N3O2. The van der Waals surface area contributed by atoms with Crippen LogP contribution in [0.5, 0.6) is 5.75 Å². The van der Waals surface area contributed by atoms with Crippen LogP contribution < -0.4 is 10.5 Å². The molecule has 1 aromatic heterocycles. The van der Waals surface area contributed by atoms with Crippen LogP contribution in [0, 0.1) is 11.6 Å². The number of nitrogens with two attached hydrogens (primary N) is 1. The van der Waals surface area contributed by atoms with Crippen LogP contribution in [0.4, 0.5) is 14.5 Å². The van der Waals surface area contributed by atoms with Crippen molar-refractivity contribution in [3.05, 3.63) is 53.2 Å². The molecule has 3 aromatic rings. The summed E-state index contributed by atoms with van der Waals surface area (Å²) in [7, 11) is 1.43. The van der Waals surface area contributed by atoms with E-state index in [1.54, 1.807) is 4.90 Å². The van der Waals surface area contributed by atoms with Crippen LogP contribution in [0.1, 0.15) is 23.0 Å². The van der Waals surface area contributed by atoms with Gasteiger partial charge in [-0.3, -0.25) is 4.79 Å². The molecular weight excluding hydrogens is 352 g/mol. The van der Waals surface area contributed by atoms with Crippen molar-refractivity contribution in [2.24, 2.45) is 0 Å². The molecule has 5 nitrogen and oxygen atoms in total. The van der Waals surface area contributed by atoms with E-state index < -0.39 is 11.6 Å². The highest BCUT2D eigenvalue weighted by Crippen LogP contribution is 2.40. The second kappa shape index (κ2) is 6.19. The molecule has 0 atom stereocenters. The molecule has 27 heavy (non-hydrogen) atoms. The van der Waals surface area contributed by atoms with Gasteiger partial charge in [0, 0.05) is 23.1 Å². The molecule has 0 saturated carbocycles. The Morgan fingerprint density at radius 1 is 1.22 bits per heavy atom. The topological polar surface area (TPSA) is 68.5 Å². The highest BCUT2D eigenvalue weighted by atomic mass is 19.1. The first-order chi connectivity index (χ1) is 13.0. The largest absolute Gasteiger partial charge is 0.496 e. The van der Waals surface area contributed by atoms with Crippen LogP contribution in [0.2, 0.25) is 0 Å². The number of fused-ring (bicyclic) bond motifs is 2. The first-order valence-electron chi connectivity index (χ1n) is 8.50. The average molecular weight is 369 g/mol. The number of hydrogen-bond donors (Lipinski definition) is 1. The molecule has 0 saturated heterocycles. The molecule has 0 unspecified atom stereocenters. The molecule has 2 heterocycles. The number of aromatic nitrogens is 1. The van der Waals surface area contributed by atoms with Crippen molar-refractivity contribution in [2.75, 3.05) is 19.4 Å². The van der Waals surface area contributed by atoms with E-state index in [1.807, 2.05) is 6.92 Å². The molecule has 1 amide bonds. The first-order valence-corrected chi connectivity index (χ1v) is 8.50. The van der Waals surface area contributed by atoms with Gasteiger partial charge in [-0.2, -0.15) is 0 Å². The van der Waals surface area contributed by atoms with E-state index in [9.17, 15) is 13.6 Å². The summed E-state index contributed by atoms with van der Waals surface area (Å²) in [6.07, 6.45) is 0. The van der Waals surface area contributed by atoms with E-state index in [2.05, 4.69) is 4.98 Å². The Bertz CT molecular complexity index is 1100. The minimum atomic E-state index is -0.574. The molecule has 0 bridgehead atoms. The predicted octanol–water partition coefficient (Wildman–Crippen LogP) is 3.75. The van der Waals surface area contributed by atoms with Gasteiger partial charge < -0.3 is 15.4 Å². The molecule has 0 spiro atoms. The number of hydrogen-bond acceptors (Lipinski definition) is 4. The maximum absolute atomic E-state index is 14.8. The minimum Gasteiger partial charge on any atom is -0.496 e. The summed E-state index contributed by atoms with van der Waals surface area (Å²) in [5.41, 5.74) is 7.98. The van der Waals surface area contributed by atoms with Crippen molar-refractivity contribution in [3.8, 4) is 16.9 Å². The highest BCUT2D eigenvalue weighted by molar-refractivity contribution is 6.11. The molecule has 7 heteroatoms. The SMILES string of the molecule is CCN1Cc2nc3c(-c4cc(F)ccc4OC)c(F)ccc3c(N)c2C1=O. The molecule has 0 fully saturated rings. The Labute approximate surface area is 154 Å². The summed E-state index contributed by atoms with van der Waals surface area (Å²) in [6, 6.07) is 6.60. The number of rotatable bonds is 3. The molecule has 2 aromatic carbocycles. The lowest BCUT2D eigenvalue weighted by molar-refractivity contribution is 0.0787. The fourth-order valence-corrected chi connectivity index (χ4v) is 3.53. The third-order valence-corrected chi connectivity index (χ3v) is 4.88. The molecule has 2 N–H and O–H groups in total. The number of halogens is 2. The van der Waals surface area contributed by atoms with E-state index in [-0.39, 0.29) is 28.2 Å². The lowest BCUT2D eigenvalue weighted by Crippen LogP contribution is -2.23. The van der Waals surface area contributed by atoms with E-state index >= 15 is 0 Å². The van der Waals surface area contributed by atoms with E-state index in [1.165, 1.54) is 37.4 Å². The third kappa shape index (κ3) is 2.50. The van der Waals surface area contributed by atoms with Crippen LogP contribution >= 0.6 is 0 Å². The van der Waals surface area contributed by atoms with Gasteiger partial charge >= 0.3 is 0 Å². The average Bonchev–Trinajstić information content (AvgIpc) is 2.97. The van der Waals surface area contributed by atoms with Gasteiger partial charge in [0.15, 0.2) is 0 Å². The monoisotopic (exact) mass is 369 g/mol. The van der Waals surface area contributed by atoms with Crippen LogP contribution in [-0.4, -0.2) is 29.4 Å². The summed E-state index contributed by atoms with van der Waals surface area (Å²) >= 11 is 0. The number of methoxy groups -OCH3 is 1. The normalized spacial score (nSPS) is 13.3. The molecule has 1 aliphatic rings. The fourth-order valence-electron chi connectivity index (χ4n) is 3.53. The maximum Gasteiger partial charge on any atom is 0.258 e. The summed E-state index contributed by atoms with van der Waals surface area (Å²) in [6.45, 7) is 2.69. The van der Waals surface area contributed by atoms with E-state index in [4.69, 9.17) is 10.5 Å². The lowest BCUT2D eigenvalue weighted by Gasteiger charge is -2.14. The number of nitrogens with zero attached hydrogens (tertiary/aromatic N) is 2. The first kappa shape index (κ1) is 17.2. The Hall–Kier alpha value is -3.22. The molecule has 0 aliphatic carbocycles. The van der Waals surface area contributed by atoms with Crippen LogP contribution in [0.15, 0.2) is 30.3 Å². The summed E-state index contributed by atoms with van der Waals surface area (Å²) < 4.78 is 34.0. The summed E-state index contributed by atoms with van der Waals surface area (Å²) in [5, 5.41) is 0.447. The number of amides is 1.